The first kappa shape index (κ1) is 8.68. The minimum atomic E-state index is -1.29. The zero-order valence-electron chi connectivity index (χ0n) is 6.95. The molecule has 14 heavy (non-hydrogen) atoms. The number of hydrogen-bond acceptors (Lipinski definition) is 2. The van der Waals surface area contributed by atoms with E-state index in [1.54, 1.807) is 0 Å². The van der Waals surface area contributed by atoms with E-state index in [9.17, 15) is 14.0 Å². The number of nitrogens with one attached hydrogen (secondary N) is 1. The number of anilines is 1. The highest BCUT2D eigenvalue weighted by atomic mass is 19.1. The molecule has 2 N–H and O–H groups in total. The standard InChI is InChI=1S/C9H6FNO3/c10-4-1-2-6-5(3-4)7(9(13)14)8(12)11-6/h1-3,7H,(H,11,12)(H,13,14). The van der Waals surface area contributed by atoms with Crippen molar-refractivity contribution in [3.63, 3.8) is 0 Å². The van der Waals surface area contributed by atoms with Crippen molar-refractivity contribution in [2.45, 2.75) is 5.92 Å². The summed E-state index contributed by atoms with van der Waals surface area (Å²) in [5, 5.41) is 11.1. The Morgan fingerprint density at radius 1 is 1.50 bits per heavy atom. The Balaban J connectivity index is 2.55. The fourth-order valence-corrected chi connectivity index (χ4v) is 1.48. The summed E-state index contributed by atoms with van der Waals surface area (Å²) in [7, 11) is 0. The number of benzene rings is 1. The molecule has 1 aromatic carbocycles. The predicted molar refractivity (Wildman–Crippen MR) is 45.4 cm³/mol. The van der Waals surface area contributed by atoms with Crippen LogP contribution < -0.4 is 5.32 Å². The Kier molecular flexibility index (Phi) is 1.73. The molecule has 1 unspecified atom stereocenters. The molecule has 1 heterocycles. The molecule has 0 fully saturated rings. The Labute approximate surface area is 78.4 Å². The normalized spacial score (nSPS) is 18.9. The number of carboxylic acids is 1. The van der Waals surface area contributed by atoms with E-state index in [0.29, 0.717) is 5.69 Å². The van der Waals surface area contributed by atoms with Crippen LogP contribution in [0.5, 0.6) is 0 Å². The highest BCUT2D eigenvalue weighted by Gasteiger charge is 2.36. The number of carbonyl (C=O) groups is 2. The van der Waals surface area contributed by atoms with E-state index in [-0.39, 0.29) is 5.56 Å². The highest BCUT2D eigenvalue weighted by molar-refractivity contribution is 6.14. The van der Waals surface area contributed by atoms with Gasteiger partial charge >= 0.3 is 5.97 Å². The molecule has 0 saturated heterocycles. The van der Waals surface area contributed by atoms with Crippen molar-refractivity contribution in [3.05, 3.63) is 29.6 Å². The van der Waals surface area contributed by atoms with E-state index in [2.05, 4.69) is 5.32 Å². The van der Waals surface area contributed by atoms with Crippen molar-refractivity contribution < 1.29 is 19.1 Å². The van der Waals surface area contributed by atoms with Gasteiger partial charge in [0.1, 0.15) is 5.82 Å². The first-order valence-electron chi connectivity index (χ1n) is 3.92. The zero-order chi connectivity index (χ0) is 10.3. The van der Waals surface area contributed by atoms with E-state index < -0.39 is 23.6 Å². The van der Waals surface area contributed by atoms with Gasteiger partial charge in [-0.15, -0.1) is 0 Å². The third kappa shape index (κ3) is 1.14. The topological polar surface area (TPSA) is 66.4 Å². The third-order valence-corrected chi connectivity index (χ3v) is 2.09. The summed E-state index contributed by atoms with van der Waals surface area (Å²) in [6.07, 6.45) is 0. The quantitative estimate of drug-likeness (QED) is 0.655. The number of amides is 1. The monoisotopic (exact) mass is 195 g/mol. The predicted octanol–water partition coefficient (Wildman–Crippen LogP) is 0.946. The maximum atomic E-state index is 12.8. The summed E-state index contributed by atoms with van der Waals surface area (Å²) in [5.41, 5.74) is 0.548. The Morgan fingerprint density at radius 3 is 2.86 bits per heavy atom. The number of hydrogen-bond donors (Lipinski definition) is 2. The lowest BCUT2D eigenvalue weighted by Crippen LogP contribution is -2.20. The molecule has 1 aromatic rings. The van der Waals surface area contributed by atoms with Gasteiger partial charge in [-0.2, -0.15) is 0 Å². The van der Waals surface area contributed by atoms with Crippen LogP contribution in [-0.4, -0.2) is 17.0 Å². The second-order valence-corrected chi connectivity index (χ2v) is 2.99. The molecule has 1 atom stereocenters. The van der Waals surface area contributed by atoms with Crippen molar-refractivity contribution in [1.82, 2.24) is 0 Å². The van der Waals surface area contributed by atoms with Crippen molar-refractivity contribution in [2.75, 3.05) is 5.32 Å². The molecule has 0 saturated carbocycles. The molecule has 2 rings (SSSR count). The van der Waals surface area contributed by atoms with Crippen LogP contribution in [0.3, 0.4) is 0 Å². The van der Waals surface area contributed by atoms with Gasteiger partial charge in [-0.1, -0.05) is 0 Å². The fourth-order valence-electron chi connectivity index (χ4n) is 1.48. The molecule has 1 aliphatic heterocycles. The molecule has 0 aromatic heterocycles. The van der Waals surface area contributed by atoms with Crippen LogP contribution in [0.4, 0.5) is 10.1 Å². The van der Waals surface area contributed by atoms with Gasteiger partial charge < -0.3 is 10.4 Å². The largest absolute Gasteiger partial charge is 0.480 e. The molecule has 1 aliphatic rings. The zero-order valence-corrected chi connectivity index (χ0v) is 6.95. The highest BCUT2D eigenvalue weighted by Crippen LogP contribution is 2.32. The molecule has 1 amide bonds. The van der Waals surface area contributed by atoms with Crippen LogP contribution >= 0.6 is 0 Å². The Hall–Kier alpha value is -1.91. The lowest BCUT2D eigenvalue weighted by atomic mass is 10.0. The van der Waals surface area contributed by atoms with Gasteiger partial charge in [-0.25, -0.2) is 4.39 Å². The number of carboxylic acid groups (broad SMARTS) is 1. The van der Waals surface area contributed by atoms with Gasteiger partial charge in [-0.3, -0.25) is 9.59 Å². The Morgan fingerprint density at radius 2 is 2.21 bits per heavy atom. The summed E-state index contributed by atoms with van der Waals surface area (Å²) in [5.74, 6) is -3.74. The minimum Gasteiger partial charge on any atom is -0.480 e. The maximum Gasteiger partial charge on any atom is 0.320 e. The van der Waals surface area contributed by atoms with Crippen LogP contribution in [0.2, 0.25) is 0 Å². The van der Waals surface area contributed by atoms with Crippen molar-refractivity contribution in [3.8, 4) is 0 Å². The average Bonchev–Trinajstić information content (AvgIpc) is 2.40. The van der Waals surface area contributed by atoms with E-state index >= 15 is 0 Å². The summed E-state index contributed by atoms with van der Waals surface area (Å²) >= 11 is 0. The summed E-state index contributed by atoms with van der Waals surface area (Å²) in [4.78, 5) is 21.9. The number of fused-ring (bicyclic) bond motifs is 1. The lowest BCUT2D eigenvalue weighted by Gasteiger charge is -2.01. The molecule has 4 nitrogen and oxygen atoms in total. The maximum absolute atomic E-state index is 12.8. The molecular weight excluding hydrogens is 189 g/mol. The van der Waals surface area contributed by atoms with Crippen LogP contribution in [0.1, 0.15) is 11.5 Å². The SMILES string of the molecule is O=C(O)C1C(=O)Nc2ccc(F)cc21. The van der Waals surface area contributed by atoms with Crippen LogP contribution in [-0.2, 0) is 9.59 Å². The van der Waals surface area contributed by atoms with Gasteiger partial charge in [0, 0.05) is 11.3 Å². The van der Waals surface area contributed by atoms with Gasteiger partial charge in [0.05, 0.1) is 0 Å². The molecule has 5 heteroatoms. The smallest absolute Gasteiger partial charge is 0.320 e. The first-order valence-corrected chi connectivity index (χ1v) is 3.92. The molecular formula is C9H6FNO3. The molecule has 0 spiro atoms. The number of aliphatic carboxylic acids is 1. The summed E-state index contributed by atoms with van der Waals surface area (Å²) in [6.45, 7) is 0. The van der Waals surface area contributed by atoms with Crippen LogP contribution in [0.25, 0.3) is 0 Å². The third-order valence-electron chi connectivity index (χ3n) is 2.09. The molecule has 0 radical (unpaired) electrons. The molecule has 72 valence electrons. The lowest BCUT2D eigenvalue weighted by molar-refractivity contribution is -0.141. The number of carbonyl (C=O) groups excluding carboxylic acids is 1. The van der Waals surface area contributed by atoms with Gasteiger partial charge in [0.2, 0.25) is 5.91 Å². The van der Waals surface area contributed by atoms with Crippen LogP contribution in [0.15, 0.2) is 18.2 Å². The average molecular weight is 195 g/mol. The number of rotatable bonds is 1. The van der Waals surface area contributed by atoms with Gasteiger partial charge in [-0.05, 0) is 18.2 Å². The number of halogens is 1. The molecule has 0 bridgehead atoms. The Bertz CT molecular complexity index is 430. The second kappa shape index (κ2) is 2.80. The van der Waals surface area contributed by atoms with Crippen molar-refractivity contribution in [2.24, 2.45) is 0 Å². The minimum absolute atomic E-state index is 0.183. The van der Waals surface area contributed by atoms with Gasteiger partial charge in [0.25, 0.3) is 0 Å². The first-order chi connectivity index (χ1) is 6.59. The fraction of sp³-hybridized carbons (Fsp3) is 0.111. The van der Waals surface area contributed by atoms with Crippen LogP contribution in [0, 0.1) is 5.82 Å². The van der Waals surface area contributed by atoms with E-state index in [1.807, 2.05) is 0 Å². The second-order valence-electron chi connectivity index (χ2n) is 2.99. The van der Waals surface area contributed by atoms with E-state index in [0.717, 1.165) is 6.07 Å². The van der Waals surface area contributed by atoms with E-state index in [4.69, 9.17) is 5.11 Å². The summed E-state index contributed by atoms with van der Waals surface area (Å²) in [6, 6.07) is 3.58. The van der Waals surface area contributed by atoms with Crippen molar-refractivity contribution in [1.29, 1.82) is 0 Å². The summed E-state index contributed by atoms with van der Waals surface area (Å²) < 4.78 is 12.8. The van der Waals surface area contributed by atoms with E-state index in [1.165, 1.54) is 12.1 Å². The van der Waals surface area contributed by atoms with Gasteiger partial charge in [0.15, 0.2) is 5.92 Å². The van der Waals surface area contributed by atoms with Crippen molar-refractivity contribution >= 4 is 17.6 Å². The molecule has 0 aliphatic carbocycles.